The number of halogens is 2. The normalized spacial score (nSPS) is 12.7. The lowest BCUT2D eigenvalue weighted by Crippen LogP contribution is -2.20. The zero-order valence-corrected chi connectivity index (χ0v) is 13.1. The number of hydrogen-bond acceptors (Lipinski definition) is 3. The Bertz CT molecular complexity index is 541. The van der Waals surface area contributed by atoms with E-state index in [-0.39, 0.29) is 6.04 Å². The maximum absolute atomic E-state index is 6.16. The van der Waals surface area contributed by atoms with E-state index in [0.29, 0.717) is 0 Å². The highest BCUT2D eigenvalue weighted by Gasteiger charge is 2.14. The predicted molar refractivity (Wildman–Crippen MR) is 80.7 cm³/mol. The fraction of sp³-hybridized carbons (Fsp3) is 0.333. The van der Waals surface area contributed by atoms with Crippen LogP contribution in [0.5, 0.6) is 0 Å². The molecule has 1 N–H and O–H groups in total. The third-order valence-electron chi connectivity index (χ3n) is 2.89. The lowest BCUT2D eigenvalue weighted by atomic mass is 10.0. The van der Waals surface area contributed by atoms with Gasteiger partial charge in [0.1, 0.15) is 12.2 Å². The minimum absolute atomic E-state index is 0.183. The Morgan fingerprint density at radius 2 is 2.28 bits per heavy atom. The van der Waals surface area contributed by atoms with Gasteiger partial charge in [0, 0.05) is 23.1 Å². The van der Waals surface area contributed by atoms with E-state index in [1.54, 1.807) is 11.0 Å². The molecule has 96 valence electrons. The molecule has 1 unspecified atom stereocenters. The summed E-state index contributed by atoms with van der Waals surface area (Å²) in [5.74, 6) is 0.948. The Morgan fingerprint density at radius 3 is 2.83 bits per heavy atom. The Labute approximate surface area is 125 Å². The van der Waals surface area contributed by atoms with E-state index < -0.39 is 0 Å². The molecule has 0 aliphatic heterocycles. The number of rotatable bonds is 4. The third-order valence-corrected chi connectivity index (χ3v) is 4.46. The molecule has 0 fully saturated rings. The molecule has 18 heavy (non-hydrogen) atoms. The molecule has 1 atom stereocenters. The van der Waals surface area contributed by atoms with E-state index in [0.717, 1.165) is 26.4 Å². The minimum atomic E-state index is 0.183. The van der Waals surface area contributed by atoms with E-state index in [2.05, 4.69) is 44.1 Å². The summed E-state index contributed by atoms with van der Waals surface area (Å²) in [4.78, 5) is 4.25. The number of aryl methyl sites for hydroxylation is 1. The SMILES string of the molecule is CNC(Cc1ncnn1C)c1ccc(I)c(Cl)c1. The molecule has 0 aliphatic rings. The molecule has 0 bridgehead atoms. The molecule has 0 saturated carbocycles. The molecule has 0 amide bonds. The molecule has 1 aromatic carbocycles. The number of aromatic nitrogens is 3. The van der Waals surface area contributed by atoms with E-state index >= 15 is 0 Å². The van der Waals surface area contributed by atoms with Crippen LogP contribution < -0.4 is 5.32 Å². The maximum atomic E-state index is 6.16. The van der Waals surface area contributed by atoms with E-state index in [4.69, 9.17) is 11.6 Å². The van der Waals surface area contributed by atoms with E-state index in [9.17, 15) is 0 Å². The monoisotopic (exact) mass is 376 g/mol. The molecule has 4 nitrogen and oxygen atoms in total. The second-order valence-electron chi connectivity index (χ2n) is 4.02. The molecule has 6 heteroatoms. The third kappa shape index (κ3) is 3.02. The van der Waals surface area contributed by atoms with Crippen molar-refractivity contribution in [3.8, 4) is 0 Å². The summed E-state index contributed by atoms with van der Waals surface area (Å²) in [6.45, 7) is 0. The van der Waals surface area contributed by atoms with Crippen LogP contribution in [-0.4, -0.2) is 21.8 Å². The molecule has 0 spiro atoms. The number of hydrogen-bond donors (Lipinski definition) is 1. The van der Waals surface area contributed by atoms with Gasteiger partial charge in [-0.25, -0.2) is 4.98 Å². The number of nitrogens with one attached hydrogen (secondary N) is 1. The van der Waals surface area contributed by atoms with Gasteiger partial charge in [0.2, 0.25) is 0 Å². The molecule has 1 aromatic heterocycles. The first-order valence-electron chi connectivity index (χ1n) is 5.57. The van der Waals surface area contributed by atoms with Gasteiger partial charge < -0.3 is 5.32 Å². The van der Waals surface area contributed by atoms with Crippen molar-refractivity contribution < 1.29 is 0 Å². The highest BCUT2D eigenvalue weighted by molar-refractivity contribution is 14.1. The van der Waals surface area contributed by atoms with Crippen LogP contribution in [0, 0.1) is 3.57 Å². The average molecular weight is 377 g/mol. The summed E-state index contributed by atoms with van der Waals surface area (Å²) in [6, 6.07) is 6.30. The fourth-order valence-corrected chi connectivity index (χ4v) is 2.33. The predicted octanol–water partition coefficient (Wildman–Crippen LogP) is 2.58. The van der Waals surface area contributed by atoms with Crippen molar-refractivity contribution in [3.63, 3.8) is 0 Å². The summed E-state index contributed by atoms with van der Waals surface area (Å²) >= 11 is 8.39. The van der Waals surface area contributed by atoms with Crippen LogP contribution in [0.3, 0.4) is 0 Å². The molecule has 1 heterocycles. The van der Waals surface area contributed by atoms with Crippen LogP contribution in [0.2, 0.25) is 5.02 Å². The first-order valence-corrected chi connectivity index (χ1v) is 7.02. The van der Waals surface area contributed by atoms with E-state index in [1.165, 1.54) is 0 Å². The summed E-state index contributed by atoms with van der Waals surface area (Å²) in [5.41, 5.74) is 1.16. The second-order valence-corrected chi connectivity index (χ2v) is 5.59. The van der Waals surface area contributed by atoms with Crippen LogP contribution in [0.4, 0.5) is 0 Å². The largest absolute Gasteiger partial charge is 0.313 e. The van der Waals surface area contributed by atoms with Gasteiger partial charge in [-0.1, -0.05) is 17.7 Å². The van der Waals surface area contributed by atoms with Crippen LogP contribution in [-0.2, 0) is 13.5 Å². The topological polar surface area (TPSA) is 42.7 Å². The molecule has 2 rings (SSSR count). The van der Waals surface area contributed by atoms with Gasteiger partial charge in [-0.3, -0.25) is 4.68 Å². The summed E-state index contributed by atoms with van der Waals surface area (Å²) < 4.78 is 2.85. The number of likely N-dealkylation sites (N-methyl/N-ethyl adjacent to an activating group) is 1. The van der Waals surface area contributed by atoms with Crippen molar-refractivity contribution in [3.05, 3.63) is 44.5 Å². The van der Waals surface area contributed by atoms with Crippen molar-refractivity contribution in [2.45, 2.75) is 12.5 Å². The average Bonchev–Trinajstić information content (AvgIpc) is 2.75. The zero-order chi connectivity index (χ0) is 13.1. The smallest absolute Gasteiger partial charge is 0.138 e. The maximum Gasteiger partial charge on any atom is 0.138 e. The van der Waals surface area contributed by atoms with Gasteiger partial charge in [-0.05, 0) is 47.3 Å². The van der Waals surface area contributed by atoms with Crippen molar-refractivity contribution in [1.82, 2.24) is 20.1 Å². The highest BCUT2D eigenvalue weighted by atomic mass is 127. The number of nitrogens with zero attached hydrogens (tertiary/aromatic N) is 3. The highest BCUT2D eigenvalue weighted by Crippen LogP contribution is 2.24. The summed E-state index contributed by atoms with van der Waals surface area (Å²) in [7, 11) is 3.84. The zero-order valence-electron chi connectivity index (χ0n) is 10.2. The number of benzene rings is 1. The van der Waals surface area contributed by atoms with Gasteiger partial charge in [-0.15, -0.1) is 0 Å². The van der Waals surface area contributed by atoms with Crippen LogP contribution in [0.15, 0.2) is 24.5 Å². The van der Waals surface area contributed by atoms with Crippen molar-refractivity contribution in [2.75, 3.05) is 7.05 Å². The summed E-state index contributed by atoms with van der Waals surface area (Å²) in [5, 5.41) is 8.15. The Balaban J connectivity index is 2.23. The first kappa shape index (κ1) is 13.8. The van der Waals surface area contributed by atoms with Crippen LogP contribution in [0.1, 0.15) is 17.4 Å². The quantitative estimate of drug-likeness (QED) is 0.834. The van der Waals surface area contributed by atoms with Gasteiger partial charge in [0.05, 0.1) is 5.02 Å². The van der Waals surface area contributed by atoms with E-state index in [1.807, 2.05) is 26.2 Å². The Morgan fingerprint density at radius 1 is 1.50 bits per heavy atom. The van der Waals surface area contributed by atoms with Gasteiger partial charge in [-0.2, -0.15) is 5.10 Å². The van der Waals surface area contributed by atoms with Gasteiger partial charge in [0.25, 0.3) is 0 Å². The van der Waals surface area contributed by atoms with Gasteiger partial charge >= 0.3 is 0 Å². The Kier molecular flexibility index (Phi) is 4.58. The summed E-state index contributed by atoms with van der Waals surface area (Å²) in [6.07, 6.45) is 2.35. The lowest BCUT2D eigenvalue weighted by molar-refractivity contribution is 0.553. The van der Waals surface area contributed by atoms with Crippen LogP contribution >= 0.6 is 34.2 Å². The van der Waals surface area contributed by atoms with Gasteiger partial charge in [0.15, 0.2) is 0 Å². The Hall–Kier alpha value is -0.660. The fourth-order valence-electron chi connectivity index (χ4n) is 1.80. The van der Waals surface area contributed by atoms with Crippen molar-refractivity contribution in [1.29, 1.82) is 0 Å². The van der Waals surface area contributed by atoms with Crippen LogP contribution in [0.25, 0.3) is 0 Å². The van der Waals surface area contributed by atoms with Crippen molar-refractivity contribution in [2.24, 2.45) is 7.05 Å². The molecule has 0 aliphatic carbocycles. The minimum Gasteiger partial charge on any atom is -0.313 e. The van der Waals surface area contributed by atoms with Crippen molar-refractivity contribution >= 4 is 34.2 Å². The molecule has 0 radical (unpaired) electrons. The second kappa shape index (κ2) is 5.99. The first-order chi connectivity index (χ1) is 8.61. The lowest BCUT2D eigenvalue weighted by Gasteiger charge is -2.16. The molecule has 0 saturated heterocycles. The molecular formula is C12H14ClIN4. The molecule has 2 aromatic rings. The molecular weight excluding hydrogens is 363 g/mol. The standard InChI is InChI=1S/C12H14ClIN4/c1-15-11(6-12-16-7-17-18(12)2)8-3-4-10(14)9(13)5-8/h3-5,7,11,15H,6H2,1-2H3.